The summed E-state index contributed by atoms with van der Waals surface area (Å²) in [6.45, 7) is 5.86. The van der Waals surface area contributed by atoms with Crippen LogP contribution in [0.4, 0.5) is 10.1 Å². The zero-order valence-corrected chi connectivity index (χ0v) is 16.0. The number of nitrogens with zero attached hydrogens (tertiary/aromatic N) is 2. The Morgan fingerprint density at radius 1 is 1.19 bits per heavy atom. The fourth-order valence-electron chi connectivity index (χ4n) is 3.11. The van der Waals surface area contributed by atoms with Gasteiger partial charge in [0, 0.05) is 31.2 Å². The fraction of sp³-hybridized carbons (Fsp3) is 0.368. The van der Waals surface area contributed by atoms with E-state index in [1.165, 1.54) is 18.2 Å². The largest absolute Gasteiger partial charge is 0.466 e. The SMILES string of the molecule is Cc1cc(C(=O)N2CCN(CC(=O)Nc3cc(Cl)ccc3F)CC2)c(C)o1. The molecular weight excluding hydrogens is 373 g/mol. The highest BCUT2D eigenvalue weighted by Gasteiger charge is 2.25. The lowest BCUT2D eigenvalue weighted by molar-refractivity contribution is -0.117. The van der Waals surface area contributed by atoms with Crippen LogP contribution in [0.1, 0.15) is 21.9 Å². The van der Waals surface area contributed by atoms with Crippen LogP contribution >= 0.6 is 11.6 Å². The number of amides is 2. The Labute approximate surface area is 161 Å². The molecule has 27 heavy (non-hydrogen) atoms. The Balaban J connectivity index is 1.52. The number of hydrogen-bond acceptors (Lipinski definition) is 4. The zero-order valence-electron chi connectivity index (χ0n) is 15.2. The van der Waals surface area contributed by atoms with E-state index < -0.39 is 5.82 Å². The molecule has 1 fully saturated rings. The summed E-state index contributed by atoms with van der Waals surface area (Å²) in [6.07, 6.45) is 0. The summed E-state index contributed by atoms with van der Waals surface area (Å²) in [5.41, 5.74) is 0.641. The topological polar surface area (TPSA) is 65.8 Å². The molecule has 0 aliphatic carbocycles. The van der Waals surface area contributed by atoms with E-state index in [1.54, 1.807) is 17.9 Å². The summed E-state index contributed by atoms with van der Waals surface area (Å²) >= 11 is 5.83. The Kier molecular flexibility index (Phi) is 5.82. The second kappa shape index (κ2) is 8.10. The number of carbonyl (C=O) groups is 2. The van der Waals surface area contributed by atoms with Crippen molar-refractivity contribution in [2.75, 3.05) is 38.0 Å². The van der Waals surface area contributed by atoms with E-state index in [-0.39, 0.29) is 24.0 Å². The number of halogens is 2. The molecule has 144 valence electrons. The van der Waals surface area contributed by atoms with E-state index in [1.807, 2.05) is 11.8 Å². The molecule has 1 aliphatic rings. The highest BCUT2D eigenvalue weighted by molar-refractivity contribution is 6.30. The highest BCUT2D eigenvalue weighted by atomic mass is 35.5. The van der Waals surface area contributed by atoms with E-state index >= 15 is 0 Å². The average molecular weight is 394 g/mol. The Bertz CT molecular complexity index is 860. The minimum absolute atomic E-state index is 0.0607. The predicted molar refractivity (Wildman–Crippen MR) is 101 cm³/mol. The maximum Gasteiger partial charge on any atom is 0.257 e. The molecule has 0 saturated carbocycles. The van der Waals surface area contributed by atoms with Crippen molar-refractivity contribution in [1.82, 2.24) is 9.80 Å². The number of nitrogens with one attached hydrogen (secondary N) is 1. The van der Waals surface area contributed by atoms with Gasteiger partial charge in [-0.2, -0.15) is 0 Å². The monoisotopic (exact) mass is 393 g/mol. The van der Waals surface area contributed by atoms with Gasteiger partial charge in [0.15, 0.2) is 0 Å². The molecule has 2 amide bonds. The molecule has 0 unspecified atom stereocenters. The molecule has 2 aromatic rings. The number of benzene rings is 1. The summed E-state index contributed by atoms with van der Waals surface area (Å²) in [6, 6.07) is 5.76. The highest BCUT2D eigenvalue weighted by Crippen LogP contribution is 2.20. The quantitative estimate of drug-likeness (QED) is 0.866. The Morgan fingerprint density at radius 2 is 1.89 bits per heavy atom. The first-order chi connectivity index (χ1) is 12.8. The van der Waals surface area contributed by atoms with Gasteiger partial charge in [-0.1, -0.05) is 11.6 Å². The number of piperazine rings is 1. The van der Waals surface area contributed by atoms with E-state index in [0.29, 0.717) is 48.3 Å². The van der Waals surface area contributed by atoms with E-state index in [4.69, 9.17) is 16.0 Å². The van der Waals surface area contributed by atoms with Gasteiger partial charge in [0.05, 0.1) is 17.8 Å². The van der Waals surface area contributed by atoms with Crippen LogP contribution in [-0.2, 0) is 4.79 Å². The van der Waals surface area contributed by atoms with E-state index in [0.717, 1.165) is 0 Å². The van der Waals surface area contributed by atoms with Crippen LogP contribution in [0.15, 0.2) is 28.7 Å². The smallest absolute Gasteiger partial charge is 0.257 e. The van der Waals surface area contributed by atoms with Crippen LogP contribution < -0.4 is 5.32 Å². The number of rotatable bonds is 4. The minimum Gasteiger partial charge on any atom is -0.466 e. The lowest BCUT2D eigenvalue weighted by atomic mass is 10.2. The number of furan rings is 1. The van der Waals surface area contributed by atoms with Crippen LogP contribution in [-0.4, -0.2) is 54.3 Å². The summed E-state index contributed by atoms with van der Waals surface area (Å²) < 4.78 is 19.1. The van der Waals surface area contributed by atoms with Gasteiger partial charge in [0.2, 0.25) is 5.91 Å². The average Bonchev–Trinajstić information content (AvgIpc) is 2.96. The third-order valence-electron chi connectivity index (χ3n) is 4.50. The standard InChI is InChI=1S/C19H21ClFN3O3/c1-12-9-15(13(2)27-12)19(26)24-7-5-23(6-8-24)11-18(25)22-17-10-14(20)3-4-16(17)21/h3-4,9-10H,5-8,11H2,1-2H3,(H,22,25). The second-order valence-corrected chi connectivity index (χ2v) is 7.00. The number of hydrogen-bond donors (Lipinski definition) is 1. The normalized spacial score (nSPS) is 15.0. The van der Waals surface area contributed by atoms with Gasteiger partial charge in [-0.05, 0) is 38.1 Å². The van der Waals surface area contributed by atoms with Gasteiger partial charge in [-0.15, -0.1) is 0 Å². The molecule has 1 N–H and O–H groups in total. The van der Waals surface area contributed by atoms with Crippen LogP contribution in [0.25, 0.3) is 0 Å². The predicted octanol–water partition coefficient (Wildman–Crippen LogP) is 3.09. The van der Waals surface area contributed by atoms with E-state index in [2.05, 4.69) is 5.32 Å². The molecule has 1 aromatic heterocycles. The molecule has 0 atom stereocenters. The first-order valence-electron chi connectivity index (χ1n) is 8.67. The van der Waals surface area contributed by atoms with Gasteiger partial charge in [0.25, 0.3) is 5.91 Å². The molecule has 0 spiro atoms. The fourth-order valence-corrected chi connectivity index (χ4v) is 3.28. The van der Waals surface area contributed by atoms with Crippen LogP contribution in [0.2, 0.25) is 5.02 Å². The van der Waals surface area contributed by atoms with Crippen molar-refractivity contribution in [2.24, 2.45) is 0 Å². The van der Waals surface area contributed by atoms with Crippen molar-refractivity contribution in [1.29, 1.82) is 0 Å². The lowest BCUT2D eigenvalue weighted by Crippen LogP contribution is -2.50. The number of aryl methyl sites for hydroxylation is 2. The lowest BCUT2D eigenvalue weighted by Gasteiger charge is -2.34. The molecular formula is C19H21ClFN3O3. The third-order valence-corrected chi connectivity index (χ3v) is 4.74. The zero-order chi connectivity index (χ0) is 19.6. The summed E-state index contributed by atoms with van der Waals surface area (Å²) in [7, 11) is 0. The van der Waals surface area contributed by atoms with Gasteiger partial charge in [-0.25, -0.2) is 4.39 Å². The van der Waals surface area contributed by atoms with E-state index in [9.17, 15) is 14.0 Å². The van der Waals surface area contributed by atoms with Crippen LogP contribution in [0.5, 0.6) is 0 Å². The van der Waals surface area contributed by atoms with Crippen molar-refractivity contribution in [3.8, 4) is 0 Å². The van der Waals surface area contributed by atoms with Crippen molar-refractivity contribution < 1.29 is 18.4 Å². The molecule has 2 heterocycles. The van der Waals surface area contributed by atoms with Crippen molar-refractivity contribution in [2.45, 2.75) is 13.8 Å². The first kappa shape index (κ1) is 19.4. The van der Waals surface area contributed by atoms with Crippen LogP contribution in [0, 0.1) is 19.7 Å². The molecule has 1 aliphatic heterocycles. The molecule has 1 aromatic carbocycles. The summed E-state index contributed by atoms with van der Waals surface area (Å²) in [5.74, 6) is 0.405. The van der Waals surface area contributed by atoms with Crippen molar-refractivity contribution >= 4 is 29.1 Å². The number of carbonyl (C=O) groups excluding carboxylic acids is 2. The molecule has 0 radical (unpaired) electrons. The summed E-state index contributed by atoms with van der Waals surface area (Å²) in [5, 5.41) is 2.89. The van der Waals surface area contributed by atoms with Crippen LogP contribution in [0.3, 0.4) is 0 Å². The van der Waals surface area contributed by atoms with Gasteiger partial charge in [-0.3, -0.25) is 14.5 Å². The Morgan fingerprint density at radius 3 is 2.52 bits per heavy atom. The third kappa shape index (κ3) is 4.67. The molecule has 1 saturated heterocycles. The maximum atomic E-state index is 13.7. The summed E-state index contributed by atoms with van der Waals surface area (Å²) in [4.78, 5) is 28.4. The molecule has 0 bridgehead atoms. The van der Waals surface area contributed by atoms with Gasteiger partial charge >= 0.3 is 0 Å². The van der Waals surface area contributed by atoms with Crippen molar-refractivity contribution in [3.05, 3.63) is 52.2 Å². The first-order valence-corrected chi connectivity index (χ1v) is 9.05. The molecule has 3 rings (SSSR count). The minimum atomic E-state index is -0.533. The van der Waals surface area contributed by atoms with Gasteiger partial charge < -0.3 is 14.6 Å². The maximum absolute atomic E-state index is 13.7. The molecule has 8 heteroatoms. The second-order valence-electron chi connectivity index (χ2n) is 6.57. The van der Waals surface area contributed by atoms with Crippen molar-refractivity contribution in [3.63, 3.8) is 0 Å². The Hall–Kier alpha value is -2.38. The van der Waals surface area contributed by atoms with Gasteiger partial charge in [0.1, 0.15) is 17.3 Å². The molecule has 6 nitrogen and oxygen atoms in total. The number of anilines is 1.